The first-order valence-corrected chi connectivity index (χ1v) is 22.7. The van der Waals surface area contributed by atoms with Crippen LogP contribution >= 0.6 is 7.82 Å². The molecular weight excluding hydrogens is 729 g/mol. The fourth-order valence-corrected chi connectivity index (χ4v) is 5.97. The molecule has 10 nitrogen and oxygen atoms in total. The minimum atomic E-state index is -4.42. The van der Waals surface area contributed by atoms with Crippen molar-refractivity contribution in [2.45, 2.75) is 161 Å². The van der Waals surface area contributed by atoms with Gasteiger partial charge in [0.15, 0.2) is 6.10 Å². The molecule has 0 rings (SSSR count). The number of nitrogens with two attached hydrogens (primary N) is 1. The molecule has 2 unspecified atom stereocenters. The van der Waals surface area contributed by atoms with Crippen LogP contribution in [0.3, 0.4) is 0 Å². The summed E-state index contributed by atoms with van der Waals surface area (Å²) in [6.45, 7) is 3.37. The predicted molar refractivity (Wildman–Crippen MR) is 230 cm³/mol. The molecule has 0 bridgehead atoms. The van der Waals surface area contributed by atoms with Crippen molar-refractivity contribution in [3.05, 3.63) is 85.1 Å². The first-order valence-electron chi connectivity index (χ1n) is 21.2. The lowest BCUT2D eigenvalue weighted by molar-refractivity contribution is -0.161. The maximum Gasteiger partial charge on any atom is 0.472 e. The van der Waals surface area contributed by atoms with Crippen LogP contribution in [0.1, 0.15) is 149 Å². The predicted octanol–water partition coefficient (Wildman–Crippen LogP) is 11.0. The lowest BCUT2D eigenvalue weighted by Gasteiger charge is -2.19. The van der Waals surface area contributed by atoms with Gasteiger partial charge in [-0.3, -0.25) is 18.6 Å². The average molecular weight is 806 g/mol. The molecule has 56 heavy (non-hydrogen) atoms. The molecule has 0 fully saturated rings. The van der Waals surface area contributed by atoms with Gasteiger partial charge < -0.3 is 25.2 Å². The van der Waals surface area contributed by atoms with Gasteiger partial charge in [-0.15, -0.1) is 0 Å². The van der Waals surface area contributed by atoms with Gasteiger partial charge in [-0.1, -0.05) is 150 Å². The van der Waals surface area contributed by atoms with E-state index in [9.17, 15) is 24.2 Å². The third-order valence-electron chi connectivity index (χ3n) is 8.36. The number of rotatable bonds is 38. The number of aliphatic hydroxyl groups is 1. The Bertz CT molecular complexity index is 1210. The highest BCUT2D eigenvalue weighted by molar-refractivity contribution is 7.47. The monoisotopic (exact) mass is 806 g/mol. The number of hydrogen-bond acceptors (Lipinski definition) is 9. The second-order valence-electron chi connectivity index (χ2n) is 13.7. The lowest BCUT2D eigenvalue weighted by Crippen LogP contribution is -2.29. The number of aliphatic hydroxyl groups excluding tert-OH is 1. The van der Waals surface area contributed by atoms with Gasteiger partial charge in [-0.2, -0.15) is 0 Å². The summed E-state index contributed by atoms with van der Waals surface area (Å²) < 4.78 is 32.6. The van der Waals surface area contributed by atoms with E-state index in [1.165, 1.54) is 51.4 Å². The quantitative estimate of drug-likeness (QED) is 0.0180. The van der Waals surface area contributed by atoms with Crippen LogP contribution in [0.2, 0.25) is 0 Å². The molecule has 11 heteroatoms. The average Bonchev–Trinajstić information content (AvgIpc) is 3.18. The van der Waals surface area contributed by atoms with Crippen molar-refractivity contribution in [1.29, 1.82) is 0 Å². The largest absolute Gasteiger partial charge is 0.472 e. The summed E-state index contributed by atoms with van der Waals surface area (Å²) in [5.74, 6) is -1.02. The molecule has 0 amide bonds. The Labute approximate surface area is 339 Å². The number of hydrogen-bond donors (Lipinski definition) is 3. The minimum Gasteiger partial charge on any atom is -0.462 e. The molecule has 4 N–H and O–H groups in total. The number of ether oxygens (including phenoxy) is 2. The van der Waals surface area contributed by atoms with E-state index in [1.54, 1.807) is 18.2 Å². The topological polar surface area (TPSA) is 155 Å². The fraction of sp³-hybridized carbons (Fsp3) is 0.644. The molecule has 320 valence electrons. The van der Waals surface area contributed by atoms with E-state index in [0.29, 0.717) is 19.3 Å². The minimum absolute atomic E-state index is 0.0245. The number of allylic oxidation sites excluding steroid dienone is 12. The van der Waals surface area contributed by atoms with Crippen LogP contribution in [-0.2, 0) is 32.7 Å². The SMILES string of the molecule is CC/C=C\C/C=C\C/C=C\C/C=C\C=C/C(O)C/C=C\CCC(=O)OC[C@H](COP(=O)(O)OCCN)OC(=O)CCCCCCCCC/C=C\CCCCCC. The highest BCUT2D eigenvalue weighted by Gasteiger charge is 2.25. The van der Waals surface area contributed by atoms with Crippen LogP contribution in [0.4, 0.5) is 0 Å². The molecule has 3 atom stereocenters. The number of carbonyl (C=O) groups is 2. The van der Waals surface area contributed by atoms with Crippen LogP contribution in [0.25, 0.3) is 0 Å². The second kappa shape index (κ2) is 40.4. The van der Waals surface area contributed by atoms with E-state index >= 15 is 0 Å². The Balaban J connectivity index is 4.41. The van der Waals surface area contributed by atoms with E-state index in [-0.39, 0.29) is 32.6 Å². The van der Waals surface area contributed by atoms with Crippen LogP contribution in [0, 0.1) is 0 Å². The molecule has 0 aromatic rings. The highest BCUT2D eigenvalue weighted by Crippen LogP contribution is 2.43. The Morgan fingerprint density at radius 3 is 1.88 bits per heavy atom. The smallest absolute Gasteiger partial charge is 0.462 e. The molecule has 0 aromatic heterocycles. The van der Waals surface area contributed by atoms with Gasteiger partial charge >= 0.3 is 19.8 Å². The summed E-state index contributed by atoms with van der Waals surface area (Å²) in [7, 11) is -4.42. The van der Waals surface area contributed by atoms with Gasteiger partial charge in [-0.05, 0) is 70.6 Å². The summed E-state index contributed by atoms with van der Waals surface area (Å²) in [4.78, 5) is 34.8. The molecule has 0 aliphatic heterocycles. The maximum absolute atomic E-state index is 12.6. The number of phosphoric acid groups is 1. The normalized spacial score (nSPS) is 14.7. The van der Waals surface area contributed by atoms with Gasteiger partial charge in [0.2, 0.25) is 0 Å². The van der Waals surface area contributed by atoms with Crippen molar-refractivity contribution in [3.63, 3.8) is 0 Å². The number of unbranched alkanes of at least 4 members (excludes halogenated alkanes) is 11. The van der Waals surface area contributed by atoms with Crippen molar-refractivity contribution in [2.24, 2.45) is 5.73 Å². The lowest BCUT2D eigenvalue weighted by atomic mass is 10.1. The van der Waals surface area contributed by atoms with Crippen LogP contribution in [0.5, 0.6) is 0 Å². The molecule has 0 aromatic carbocycles. The first kappa shape index (κ1) is 53.1. The maximum atomic E-state index is 12.6. The second-order valence-corrected chi connectivity index (χ2v) is 15.1. The zero-order valence-corrected chi connectivity index (χ0v) is 35.6. The summed E-state index contributed by atoms with van der Waals surface area (Å²) in [6.07, 6.45) is 46.4. The summed E-state index contributed by atoms with van der Waals surface area (Å²) in [5, 5.41) is 10.2. The van der Waals surface area contributed by atoms with Crippen LogP contribution in [0.15, 0.2) is 85.1 Å². The van der Waals surface area contributed by atoms with Gasteiger partial charge in [-0.25, -0.2) is 4.57 Å². The molecular formula is C45H76NO9P. The van der Waals surface area contributed by atoms with Gasteiger partial charge in [0, 0.05) is 19.4 Å². The molecule has 0 radical (unpaired) electrons. The van der Waals surface area contributed by atoms with Crippen LogP contribution in [-0.4, -0.2) is 60.5 Å². The molecule has 0 spiro atoms. The van der Waals surface area contributed by atoms with Crippen molar-refractivity contribution < 1.29 is 42.7 Å². The zero-order valence-electron chi connectivity index (χ0n) is 34.7. The zero-order chi connectivity index (χ0) is 41.2. The van der Waals surface area contributed by atoms with Gasteiger partial charge in [0.1, 0.15) is 6.61 Å². The Morgan fingerprint density at radius 1 is 0.643 bits per heavy atom. The number of phosphoric ester groups is 1. The number of esters is 2. The van der Waals surface area contributed by atoms with Crippen molar-refractivity contribution in [3.8, 4) is 0 Å². The van der Waals surface area contributed by atoms with E-state index < -0.39 is 38.6 Å². The van der Waals surface area contributed by atoms with E-state index in [4.69, 9.17) is 24.3 Å². The Morgan fingerprint density at radius 2 is 1.23 bits per heavy atom. The van der Waals surface area contributed by atoms with Gasteiger partial charge in [0.05, 0.1) is 19.3 Å². The molecule has 0 saturated heterocycles. The number of carbonyl (C=O) groups excluding carboxylic acids is 2. The van der Waals surface area contributed by atoms with E-state index in [0.717, 1.165) is 51.4 Å². The molecule has 0 saturated carbocycles. The van der Waals surface area contributed by atoms with Crippen molar-refractivity contribution in [1.82, 2.24) is 0 Å². The molecule has 0 aliphatic carbocycles. The molecule has 0 aliphatic rings. The summed E-state index contributed by atoms with van der Waals surface area (Å²) in [6, 6.07) is 0. The van der Waals surface area contributed by atoms with Crippen molar-refractivity contribution >= 4 is 19.8 Å². The van der Waals surface area contributed by atoms with Crippen molar-refractivity contribution in [2.75, 3.05) is 26.4 Å². The standard InChI is InChI=1S/C45H76NO9P/c1-3-5-7-9-11-13-15-17-18-20-22-24-26-28-32-37-45(49)55-43(41-54-56(50,51)53-39-38-46)40-52-44(48)36-33-29-31-35-42(47)34-30-27-25-23-21-19-16-14-12-10-8-6-4-2/h6,8,12-15,19,21,25,27,29-31,34,42-43,47H,3-5,7,9-11,16-18,20,22-24,26,28,32-33,35-41,46H2,1-2H3,(H,50,51)/b8-6-,14-12-,15-13-,21-19-,27-25-,31-29-,34-30-/t42?,43-/m1/s1. The van der Waals surface area contributed by atoms with Crippen LogP contribution < -0.4 is 5.73 Å². The fourth-order valence-electron chi connectivity index (χ4n) is 5.21. The summed E-state index contributed by atoms with van der Waals surface area (Å²) in [5.41, 5.74) is 5.33. The first-order chi connectivity index (χ1) is 27.2. The van der Waals surface area contributed by atoms with E-state index in [2.05, 4.69) is 62.5 Å². The Hall–Kier alpha value is -2.85. The summed E-state index contributed by atoms with van der Waals surface area (Å²) >= 11 is 0. The third kappa shape index (κ3) is 39.4. The molecule has 0 heterocycles. The van der Waals surface area contributed by atoms with Gasteiger partial charge in [0.25, 0.3) is 0 Å². The Kier molecular flexibility index (Phi) is 38.3. The highest BCUT2D eigenvalue weighted by atomic mass is 31.2. The third-order valence-corrected chi connectivity index (χ3v) is 9.34. The van der Waals surface area contributed by atoms with E-state index in [1.807, 2.05) is 18.2 Å².